The first kappa shape index (κ1) is 16.5. The van der Waals surface area contributed by atoms with Crippen LogP contribution in [0.25, 0.3) is 0 Å². The normalized spacial score (nSPS) is 11.6. The number of aryl methyl sites for hydroxylation is 2. The summed E-state index contributed by atoms with van der Waals surface area (Å²) in [6.45, 7) is 5.15. The minimum Gasteiger partial charge on any atom is -0.258 e. The van der Waals surface area contributed by atoms with Crippen molar-refractivity contribution >= 4 is 27.0 Å². The van der Waals surface area contributed by atoms with Crippen molar-refractivity contribution < 1.29 is 13.3 Å². The minimum absolute atomic E-state index is 0.0495. The molecule has 0 atom stereocenters. The Hall–Kier alpha value is -1.84. The van der Waals surface area contributed by atoms with E-state index in [0.29, 0.717) is 16.8 Å². The summed E-state index contributed by atoms with van der Waals surface area (Å²) in [5, 5.41) is 13.5. The van der Waals surface area contributed by atoms with Crippen molar-refractivity contribution in [1.29, 1.82) is 0 Å². The van der Waals surface area contributed by atoms with Gasteiger partial charge in [-0.25, -0.2) is 18.1 Å². The fourth-order valence-electron chi connectivity index (χ4n) is 1.93. The first-order chi connectivity index (χ1) is 10.2. The van der Waals surface area contributed by atoms with Crippen molar-refractivity contribution in [3.63, 3.8) is 0 Å². The Morgan fingerprint density at radius 3 is 2.55 bits per heavy atom. The molecular weight excluding hydrogens is 326 g/mol. The summed E-state index contributed by atoms with van der Waals surface area (Å²) in [6.07, 6.45) is 0. The minimum atomic E-state index is -3.85. The SMILES string of the molecule is Cc1nc(CNS(=O)(=O)c2cc([N+](=O)[O-])cc(C)c2C)cs1. The van der Waals surface area contributed by atoms with Gasteiger partial charge in [0.2, 0.25) is 10.0 Å². The number of benzene rings is 1. The van der Waals surface area contributed by atoms with Gasteiger partial charge in [-0.1, -0.05) is 0 Å². The highest BCUT2D eigenvalue weighted by Gasteiger charge is 2.22. The Balaban J connectivity index is 2.34. The van der Waals surface area contributed by atoms with Gasteiger partial charge in [0.25, 0.3) is 5.69 Å². The molecule has 1 aromatic carbocycles. The number of sulfonamides is 1. The molecule has 0 aliphatic carbocycles. The smallest absolute Gasteiger partial charge is 0.258 e. The van der Waals surface area contributed by atoms with Crippen LogP contribution in [0.15, 0.2) is 22.4 Å². The number of aromatic nitrogens is 1. The van der Waals surface area contributed by atoms with Crippen molar-refractivity contribution in [2.45, 2.75) is 32.2 Å². The molecule has 7 nitrogen and oxygen atoms in total. The molecule has 0 aliphatic rings. The van der Waals surface area contributed by atoms with E-state index < -0.39 is 14.9 Å². The average molecular weight is 341 g/mol. The largest absolute Gasteiger partial charge is 0.271 e. The zero-order valence-corrected chi connectivity index (χ0v) is 13.9. The maximum atomic E-state index is 12.4. The van der Waals surface area contributed by atoms with Gasteiger partial charge in [-0.2, -0.15) is 0 Å². The molecule has 0 fully saturated rings. The van der Waals surface area contributed by atoms with Crippen molar-refractivity contribution in [3.05, 3.63) is 49.5 Å². The van der Waals surface area contributed by atoms with Crippen LogP contribution in [0.2, 0.25) is 0 Å². The van der Waals surface area contributed by atoms with Gasteiger partial charge in [0.05, 0.1) is 27.1 Å². The number of non-ortho nitro benzene ring substituents is 1. The summed E-state index contributed by atoms with van der Waals surface area (Å²) in [5.74, 6) is 0. The van der Waals surface area contributed by atoms with Crippen LogP contribution >= 0.6 is 11.3 Å². The van der Waals surface area contributed by atoms with E-state index in [-0.39, 0.29) is 17.1 Å². The van der Waals surface area contributed by atoms with Crippen LogP contribution < -0.4 is 4.72 Å². The standard InChI is InChI=1S/C13H15N3O4S2/c1-8-4-12(16(17)18)5-13(9(8)2)22(19,20)14-6-11-7-21-10(3)15-11/h4-5,7,14H,6H2,1-3H3. The van der Waals surface area contributed by atoms with Crippen LogP contribution in [0.4, 0.5) is 5.69 Å². The Morgan fingerprint density at radius 2 is 2.00 bits per heavy atom. The van der Waals surface area contributed by atoms with E-state index in [1.54, 1.807) is 19.2 Å². The quantitative estimate of drug-likeness (QED) is 0.665. The lowest BCUT2D eigenvalue weighted by Gasteiger charge is -2.10. The van der Waals surface area contributed by atoms with Gasteiger partial charge < -0.3 is 0 Å². The molecule has 2 rings (SSSR count). The van der Waals surface area contributed by atoms with E-state index in [1.165, 1.54) is 17.4 Å². The molecule has 1 aromatic heterocycles. The molecule has 9 heteroatoms. The molecule has 0 saturated heterocycles. The van der Waals surface area contributed by atoms with Gasteiger partial charge in [-0.05, 0) is 31.9 Å². The van der Waals surface area contributed by atoms with Gasteiger partial charge >= 0.3 is 0 Å². The van der Waals surface area contributed by atoms with Gasteiger partial charge in [-0.15, -0.1) is 11.3 Å². The predicted molar refractivity (Wildman–Crippen MR) is 83.4 cm³/mol. The van der Waals surface area contributed by atoms with Crippen LogP contribution in [0.5, 0.6) is 0 Å². The second-order valence-corrected chi connectivity index (χ2v) is 7.62. The predicted octanol–water partition coefficient (Wildman–Crippen LogP) is 2.46. The van der Waals surface area contributed by atoms with E-state index in [4.69, 9.17) is 0 Å². The highest BCUT2D eigenvalue weighted by Crippen LogP contribution is 2.25. The second kappa shape index (κ2) is 6.11. The monoisotopic (exact) mass is 341 g/mol. The van der Waals surface area contributed by atoms with Crippen LogP contribution in [-0.4, -0.2) is 18.3 Å². The summed E-state index contributed by atoms with van der Waals surface area (Å²) >= 11 is 1.43. The highest BCUT2D eigenvalue weighted by molar-refractivity contribution is 7.89. The topological polar surface area (TPSA) is 102 Å². The fraction of sp³-hybridized carbons (Fsp3) is 0.308. The lowest BCUT2D eigenvalue weighted by atomic mass is 10.1. The highest BCUT2D eigenvalue weighted by atomic mass is 32.2. The number of nitrogens with one attached hydrogen (secondary N) is 1. The molecular formula is C13H15N3O4S2. The average Bonchev–Trinajstić information content (AvgIpc) is 2.85. The Morgan fingerprint density at radius 1 is 1.32 bits per heavy atom. The van der Waals surface area contributed by atoms with Crippen LogP contribution in [-0.2, 0) is 16.6 Å². The van der Waals surface area contributed by atoms with Gasteiger partial charge in [-0.3, -0.25) is 10.1 Å². The zero-order valence-electron chi connectivity index (χ0n) is 12.3. The molecule has 0 bridgehead atoms. The van der Waals surface area contributed by atoms with Gasteiger partial charge in [0.1, 0.15) is 0 Å². The maximum Gasteiger partial charge on any atom is 0.271 e. The van der Waals surface area contributed by atoms with E-state index in [0.717, 1.165) is 11.1 Å². The number of nitro groups is 1. The summed E-state index contributed by atoms with van der Waals surface area (Å²) in [6, 6.07) is 2.44. The third-order valence-electron chi connectivity index (χ3n) is 3.21. The summed E-state index contributed by atoms with van der Waals surface area (Å²) in [5.41, 5.74) is 1.42. The number of hydrogen-bond acceptors (Lipinski definition) is 6. The van der Waals surface area contributed by atoms with E-state index in [9.17, 15) is 18.5 Å². The molecule has 118 valence electrons. The number of nitrogens with zero attached hydrogens (tertiary/aromatic N) is 2. The molecule has 0 radical (unpaired) electrons. The third-order valence-corrected chi connectivity index (χ3v) is 5.56. The molecule has 0 aliphatic heterocycles. The third kappa shape index (κ3) is 3.49. The van der Waals surface area contributed by atoms with Gasteiger partial charge in [0.15, 0.2) is 0 Å². The first-order valence-corrected chi connectivity index (χ1v) is 8.73. The van der Waals surface area contributed by atoms with E-state index >= 15 is 0 Å². The summed E-state index contributed by atoms with van der Waals surface area (Å²) < 4.78 is 27.2. The molecule has 0 unspecified atom stereocenters. The van der Waals surface area contributed by atoms with E-state index in [2.05, 4.69) is 9.71 Å². The lowest BCUT2D eigenvalue weighted by Crippen LogP contribution is -2.24. The van der Waals surface area contributed by atoms with Crippen LogP contribution in [0.3, 0.4) is 0 Å². The zero-order chi connectivity index (χ0) is 16.5. The second-order valence-electron chi connectivity index (χ2n) is 4.83. The van der Waals surface area contributed by atoms with Crippen LogP contribution in [0, 0.1) is 30.9 Å². The number of hydrogen-bond donors (Lipinski definition) is 1. The number of nitro benzene ring substituents is 1. The van der Waals surface area contributed by atoms with Crippen LogP contribution in [0.1, 0.15) is 21.8 Å². The molecule has 2 aromatic rings. The fourth-order valence-corrected chi connectivity index (χ4v) is 3.88. The lowest BCUT2D eigenvalue weighted by molar-refractivity contribution is -0.385. The Kier molecular flexibility index (Phi) is 4.59. The molecule has 0 spiro atoms. The summed E-state index contributed by atoms with van der Waals surface area (Å²) in [4.78, 5) is 14.4. The molecule has 0 saturated carbocycles. The molecule has 0 amide bonds. The van der Waals surface area contributed by atoms with E-state index in [1.807, 2.05) is 6.92 Å². The Labute approximate surface area is 132 Å². The Bertz CT molecular complexity index is 828. The summed E-state index contributed by atoms with van der Waals surface area (Å²) in [7, 11) is -3.85. The first-order valence-electron chi connectivity index (χ1n) is 6.37. The molecule has 22 heavy (non-hydrogen) atoms. The van der Waals surface area contributed by atoms with Crippen molar-refractivity contribution in [2.24, 2.45) is 0 Å². The molecule has 1 N–H and O–H groups in total. The van der Waals surface area contributed by atoms with Crippen molar-refractivity contribution in [1.82, 2.24) is 9.71 Å². The number of rotatable bonds is 5. The number of thiazole rings is 1. The van der Waals surface area contributed by atoms with Crippen molar-refractivity contribution in [3.8, 4) is 0 Å². The maximum absolute atomic E-state index is 12.4. The van der Waals surface area contributed by atoms with Gasteiger partial charge in [0, 0.05) is 17.5 Å². The molecule has 1 heterocycles. The van der Waals surface area contributed by atoms with Crippen molar-refractivity contribution in [2.75, 3.05) is 0 Å².